The minimum Gasteiger partial charge on any atom is -0.395 e. The fraction of sp³-hybridized carbons (Fsp3) is 0.900. The first-order valence-electron chi connectivity index (χ1n) is 5.50. The van der Waals surface area contributed by atoms with E-state index >= 15 is 0 Å². The van der Waals surface area contributed by atoms with Gasteiger partial charge in [0.15, 0.2) is 0 Å². The molecule has 0 bridgehead atoms. The standard InChI is InChI=1S/C10H19NO4S/c1-2-3-9(14)11-6-4-7(13)8(5-12)16-10(6)15/h6-8,10,12-13,15H,2-5H2,1H3,(H,11,14)/t6-,7?,8?,10?/m0/s1. The van der Waals surface area contributed by atoms with Crippen LogP contribution in [0.2, 0.25) is 0 Å². The van der Waals surface area contributed by atoms with Crippen LogP contribution in [0.3, 0.4) is 0 Å². The van der Waals surface area contributed by atoms with Gasteiger partial charge in [-0.05, 0) is 12.8 Å². The molecule has 0 aromatic rings. The summed E-state index contributed by atoms with van der Waals surface area (Å²) < 4.78 is 0. The maximum atomic E-state index is 11.4. The van der Waals surface area contributed by atoms with E-state index in [0.29, 0.717) is 6.42 Å². The van der Waals surface area contributed by atoms with Crippen molar-refractivity contribution in [2.75, 3.05) is 6.61 Å². The molecule has 1 saturated heterocycles. The number of hydrogen-bond donors (Lipinski definition) is 4. The van der Waals surface area contributed by atoms with Crippen molar-refractivity contribution >= 4 is 17.7 Å². The maximum absolute atomic E-state index is 11.4. The molecular weight excluding hydrogens is 230 g/mol. The van der Waals surface area contributed by atoms with Gasteiger partial charge in [0.2, 0.25) is 5.91 Å². The van der Waals surface area contributed by atoms with Gasteiger partial charge in [-0.25, -0.2) is 0 Å². The van der Waals surface area contributed by atoms with Crippen LogP contribution >= 0.6 is 11.8 Å². The number of thioether (sulfide) groups is 1. The molecule has 1 aliphatic heterocycles. The lowest BCUT2D eigenvalue weighted by Gasteiger charge is -2.35. The first-order valence-corrected chi connectivity index (χ1v) is 6.44. The third-order valence-corrected chi connectivity index (χ3v) is 4.01. The molecule has 5 nitrogen and oxygen atoms in total. The Balaban J connectivity index is 2.46. The van der Waals surface area contributed by atoms with Crippen molar-refractivity contribution in [2.24, 2.45) is 0 Å². The summed E-state index contributed by atoms with van der Waals surface area (Å²) >= 11 is 1.10. The third kappa shape index (κ3) is 3.62. The van der Waals surface area contributed by atoms with E-state index < -0.39 is 17.6 Å². The first kappa shape index (κ1) is 13.8. The van der Waals surface area contributed by atoms with E-state index in [2.05, 4.69) is 5.32 Å². The van der Waals surface area contributed by atoms with Gasteiger partial charge in [0.25, 0.3) is 0 Å². The molecule has 16 heavy (non-hydrogen) atoms. The number of carbonyl (C=O) groups is 1. The lowest BCUT2D eigenvalue weighted by Crippen LogP contribution is -2.50. The average Bonchev–Trinajstić information content (AvgIpc) is 2.23. The number of carbonyl (C=O) groups excluding carboxylic acids is 1. The highest BCUT2D eigenvalue weighted by atomic mass is 32.2. The van der Waals surface area contributed by atoms with Crippen molar-refractivity contribution in [3.63, 3.8) is 0 Å². The van der Waals surface area contributed by atoms with Crippen molar-refractivity contribution in [1.29, 1.82) is 0 Å². The van der Waals surface area contributed by atoms with Crippen LogP contribution < -0.4 is 5.32 Å². The highest BCUT2D eigenvalue weighted by molar-refractivity contribution is 8.00. The molecule has 94 valence electrons. The second kappa shape index (κ2) is 6.44. The van der Waals surface area contributed by atoms with Gasteiger partial charge in [-0.15, -0.1) is 11.8 Å². The van der Waals surface area contributed by atoms with Gasteiger partial charge in [0.05, 0.1) is 24.0 Å². The molecule has 4 N–H and O–H groups in total. The Morgan fingerprint density at radius 2 is 2.19 bits per heavy atom. The molecule has 1 amide bonds. The van der Waals surface area contributed by atoms with Crippen LogP contribution in [0, 0.1) is 0 Å². The second-order valence-corrected chi connectivity index (χ2v) is 5.34. The number of nitrogens with one attached hydrogen (secondary N) is 1. The predicted octanol–water partition coefficient (Wildman–Crippen LogP) is -0.552. The Hall–Kier alpha value is -0.300. The van der Waals surface area contributed by atoms with Crippen molar-refractivity contribution in [1.82, 2.24) is 5.32 Å². The first-order chi connectivity index (χ1) is 7.58. The van der Waals surface area contributed by atoms with E-state index in [1.54, 1.807) is 0 Å². The van der Waals surface area contributed by atoms with Gasteiger partial charge in [-0.2, -0.15) is 0 Å². The number of aliphatic hydroxyl groups is 3. The van der Waals surface area contributed by atoms with Crippen LogP contribution in [0.4, 0.5) is 0 Å². The molecule has 3 unspecified atom stereocenters. The minimum absolute atomic E-state index is 0.109. The van der Waals surface area contributed by atoms with E-state index in [1.807, 2.05) is 6.92 Å². The van der Waals surface area contributed by atoms with Crippen LogP contribution in [0.15, 0.2) is 0 Å². The van der Waals surface area contributed by atoms with E-state index in [0.717, 1.165) is 18.2 Å². The largest absolute Gasteiger partial charge is 0.395 e. The van der Waals surface area contributed by atoms with Gasteiger partial charge >= 0.3 is 0 Å². The zero-order valence-corrected chi connectivity index (χ0v) is 10.1. The lowest BCUT2D eigenvalue weighted by molar-refractivity contribution is -0.122. The predicted molar refractivity (Wildman–Crippen MR) is 61.9 cm³/mol. The lowest BCUT2D eigenvalue weighted by atomic mass is 10.1. The average molecular weight is 249 g/mol. The Kier molecular flexibility index (Phi) is 5.54. The van der Waals surface area contributed by atoms with Gasteiger partial charge in [0.1, 0.15) is 5.44 Å². The molecule has 1 rings (SSSR count). The SMILES string of the molecule is CCCC(=O)N[C@H]1CC(O)C(CO)SC1O. The fourth-order valence-corrected chi connectivity index (χ4v) is 2.80. The summed E-state index contributed by atoms with van der Waals surface area (Å²) in [6.45, 7) is 1.74. The molecule has 1 fully saturated rings. The molecule has 1 aliphatic rings. The zero-order chi connectivity index (χ0) is 12.1. The van der Waals surface area contributed by atoms with Crippen LogP contribution in [0.25, 0.3) is 0 Å². The highest BCUT2D eigenvalue weighted by Gasteiger charge is 2.36. The fourth-order valence-electron chi connectivity index (χ4n) is 1.69. The van der Waals surface area contributed by atoms with Crippen molar-refractivity contribution in [3.05, 3.63) is 0 Å². The minimum atomic E-state index is -0.763. The zero-order valence-electron chi connectivity index (χ0n) is 9.30. The number of aliphatic hydroxyl groups excluding tert-OH is 3. The summed E-state index contributed by atoms with van der Waals surface area (Å²) in [7, 11) is 0. The van der Waals surface area contributed by atoms with E-state index in [4.69, 9.17) is 5.11 Å². The summed E-state index contributed by atoms with van der Waals surface area (Å²) in [4.78, 5) is 11.4. The molecule has 6 heteroatoms. The molecule has 0 radical (unpaired) electrons. The van der Waals surface area contributed by atoms with Crippen molar-refractivity contribution in [2.45, 2.75) is 49.0 Å². The summed E-state index contributed by atoms with van der Waals surface area (Å²) in [6, 6.07) is -0.429. The van der Waals surface area contributed by atoms with E-state index in [1.165, 1.54) is 0 Å². The van der Waals surface area contributed by atoms with Crippen LogP contribution in [-0.4, -0.2) is 50.7 Å². The Morgan fingerprint density at radius 1 is 1.50 bits per heavy atom. The molecular formula is C10H19NO4S. The van der Waals surface area contributed by atoms with Crippen LogP contribution in [0.1, 0.15) is 26.2 Å². The maximum Gasteiger partial charge on any atom is 0.220 e. The summed E-state index contributed by atoms with van der Waals surface area (Å²) in [5.74, 6) is -0.109. The molecule has 4 atom stereocenters. The van der Waals surface area contributed by atoms with E-state index in [-0.39, 0.29) is 24.2 Å². The molecule has 0 aromatic heterocycles. The summed E-state index contributed by atoms with van der Waals surface area (Å²) in [6.07, 6.45) is 0.775. The Labute approximate surface area is 99.2 Å². The van der Waals surface area contributed by atoms with E-state index in [9.17, 15) is 15.0 Å². The van der Waals surface area contributed by atoms with Crippen molar-refractivity contribution < 1.29 is 20.1 Å². The number of hydrogen-bond acceptors (Lipinski definition) is 5. The number of amides is 1. The molecule has 0 aliphatic carbocycles. The van der Waals surface area contributed by atoms with Gasteiger partial charge in [-0.1, -0.05) is 6.92 Å². The summed E-state index contributed by atoms with van der Waals surface area (Å²) in [5, 5.41) is 30.7. The third-order valence-electron chi connectivity index (χ3n) is 2.59. The van der Waals surface area contributed by atoms with Gasteiger partial charge in [-0.3, -0.25) is 4.79 Å². The Morgan fingerprint density at radius 3 is 2.75 bits per heavy atom. The molecule has 1 heterocycles. The molecule has 0 spiro atoms. The van der Waals surface area contributed by atoms with Crippen LogP contribution in [-0.2, 0) is 4.79 Å². The van der Waals surface area contributed by atoms with Crippen LogP contribution in [0.5, 0.6) is 0 Å². The normalized spacial score (nSPS) is 34.8. The Bertz CT molecular complexity index is 239. The van der Waals surface area contributed by atoms with Gasteiger partial charge < -0.3 is 20.6 Å². The van der Waals surface area contributed by atoms with Crippen molar-refractivity contribution in [3.8, 4) is 0 Å². The monoisotopic (exact) mass is 249 g/mol. The highest BCUT2D eigenvalue weighted by Crippen LogP contribution is 2.30. The topological polar surface area (TPSA) is 89.8 Å². The second-order valence-electron chi connectivity index (χ2n) is 3.97. The quantitative estimate of drug-likeness (QED) is 0.537. The summed E-state index contributed by atoms with van der Waals surface area (Å²) in [5.41, 5.74) is -0.763. The van der Waals surface area contributed by atoms with Gasteiger partial charge in [0, 0.05) is 6.42 Å². The smallest absolute Gasteiger partial charge is 0.220 e. The number of rotatable bonds is 4. The molecule has 0 aromatic carbocycles. The molecule has 0 saturated carbocycles.